The molecule has 8 nitrogen and oxygen atoms in total. The van der Waals surface area contributed by atoms with Crippen molar-refractivity contribution in [1.29, 1.82) is 0 Å². The van der Waals surface area contributed by atoms with Gasteiger partial charge >= 0.3 is 7.82 Å². The molecule has 0 saturated carbocycles. The van der Waals surface area contributed by atoms with E-state index in [2.05, 4.69) is 104 Å². The average Bonchev–Trinajstić information content (AvgIpc) is 3.17. The second kappa shape index (κ2) is 41.1. The number of amides is 1. The Balaban J connectivity index is 4.41. The van der Waals surface area contributed by atoms with Crippen molar-refractivity contribution in [2.75, 3.05) is 19.8 Å². The number of phosphoric ester groups is 1. The lowest BCUT2D eigenvalue weighted by molar-refractivity contribution is -0.123. The first-order chi connectivity index (χ1) is 26.9. The van der Waals surface area contributed by atoms with Gasteiger partial charge in [0.25, 0.3) is 0 Å². The molecule has 0 aliphatic carbocycles. The van der Waals surface area contributed by atoms with Crippen LogP contribution in [-0.2, 0) is 18.4 Å². The molecule has 5 N–H and O–H groups in total. The molecule has 0 aliphatic rings. The van der Waals surface area contributed by atoms with E-state index in [1.165, 1.54) is 51.4 Å². The van der Waals surface area contributed by atoms with E-state index in [0.717, 1.165) is 77.0 Å². The zero-order valence-corrected chi connectivity index (χ0v) is 35.5. The fourth-order valence-corrected chi connectivity index (χ4v) is 6.18. The lowest BCUT2D eigenvalue weighted by Crippen LogP contribution is -2.45. The second-order valence-electron chi connectivity index (χ2n) is 13.8. The number of aliphatic hydroxyl groups is 1. The van der Waals surface area contributed by atoms with Crippen molar-refractivity contribution in [3.05, 3.63) is 97.2 Å². The van der Waals surface area contributed by atoms with Crippen LogP contribution in [0.4, 0.5) is 0 Å². The fraction of sp³-hybridized carbons (Fsp3) is 0.630. The molecule has 0 aromatic rings. The largest absolute Gasteiger partial charge is 0.472 e. The topological polar surface area (TPSA) is 131 Å². The molecule has 0 fully saturated rings. The molecule has 0 bridgehead atoms. The number of hydrogen-bond acceptors (Lipinski definition) is 6. The summed E-state index contributed by atoms with van der Waals surface area (Å²) in [5, 5.41) is 13.6. The first-order valence-corrected chi connectivity index (χ1v) is 22.9. The van der Waals surface area contributed by atoms with Crippen LogP contribution in [0.5, 0.6) is 0 Å². The number of hydrogen-bond donors (Lipinski definition) is 4. The molecule has 0 rings (SSSR count). The lowest BCUT2D eigenvalue weighted by atomic mass is 10.1. The van der Waals surface area contributed by atoms with Crippen molar-refractivity contribution >= 4 is 13.7 Å². The molecule has 0 saturated heterocycles. The van der Waals surface area contributed by atoms with Crippen LogP contribution in [0.25, 0.3) is 0 Å². The van der Waals surface area contributed by atoms with Gasteiger partial charge in [0.15, 0.2) is 0 Å². The van der Waals surface area contributed by atoms with E-state index >= 15 is 0 Å². The van der Waals surface area contributed by atoms with Gasteiger partial charge < -0.3 is 21.1 Å². The van der Waals surface area contributed by atoms with E-state index in [-0.39, 0.29) is 32.1 Å². The average molecular weight is 787 g/mol. The number of carbonyl (C=O) groups excluding carboxylic acids is 1. The molecule has 9 heteroatoms. The number of nitrogens with one attached hydrogen (secondary N) is 1. The summed E-state index contributed by atoms with van der Waals surface area (Å²) in [6.45, 7) is 3.93. The van der Waals surface area contributed by atoms with Crippen LogP contribution in [0, 0.1) is 0 Å². The maximum atomic E-state index is 12.7. The van der Waals surface area contributed by atoms with E-state index in [1.54, 1.807) is 6.08 Å². The van der Waals surface area contributed by atoms with Gasteiger partial charge in [0, 0.05) is 13.0 Å². The minimum absolute atomic E-state index is 0.0605. The van der Waals surface area contributed by atoms with Gasteiger partial charge in [0.2, 0.25) is 5.91 Å². The van der Waals surface area contributed by atoms with Gasteiger partial charge in [-0.3, -0.25) is 13.8 Å². The molecule has 55 heavy (non-hydrogen) atoms. The molecular formula is C46H79N2O6P. The summed E-state index contributed by atoms with van der Waals surface area (Å²) >= 11 is 0. The van der Waals surface area contributed by atoms with Crippen molar-refractivity contribution in [2.45, 2.75) is 167 Å². The van der Waals surface area contributed by atoms with Crippen molar-refractivity contribution in [2.24, 2.45) is 5.73 Å². The number of aliphatic hydroxyl groups excluding tert-OH is 1. The van der Waals surface area contributed by atoms with Crippen molar-refractivity contribution in [1.82, 2.24) is 5.32 Å². The first-order valence-electron chi connectivity index (χ1n) is 21.4. The highest BCUT2D eigenvalue weighted by Crippen LogP contribution is 2.43. The molecule has 0 aliphatic heterocycles. The van der Waals surface area contributed by atoms with Crippen molar-refractivity contribution < 1.29 is 28.4 Å². The van der Waals surface area contributed by atoms with Crippen LogP contribution < -0.4 is 11.1 Å². The summed E-state index contributed by atoms with van der Waals surface area (Å²) in [6.07, 6.45) is 56.0. The van der Waals surface area contributed by atoms with Gasteiger partial charge in [-0.1, -0.05) is 156 Å². The monoisotopic (exact) mass is 787 g/mol. The van der Waals surface area contributed by atoms with E-state index < -0.39 is 20.0 Å². The first kappa shape index (κ1) is 52.4. The molecule has 0 spiro atoms. The lowest BCUT2D eigenvalue weighted by Gasteiger charge is -2.23. The Morgan fingerprint density at radius 1 is 0.618 bits per heavy atom. The number of phosphoric acid groups is 1. The minimum Gasteiger partial charge on any atom is -0.387 e. The van der Waals surface area contributed by atoms with E-state index in [1.807, 2.05) is 6.08 Å². The number of unbranched alkanes of at least 4 members (excludes halogenated alkanes) is 12. The third kappa shape index (κ3) is 39.5. The van der Waals surface area contributed by atoms with Crippen molar-refractivity contribution in [3.63, 3.8) is 0 Å². The Hall–Kier alpha value is -2.58. The van der Waals surface area contributed by atoms with E-state index in [9.17, 15) is 19.4 Å². The summed E-state index contributed by atoms with van der Waals surface area (Å²) in [7, 11) is -4.37. The van der Waals surface area contributed by atoms with Gasteiger partial charge in [-0.15, -0.1) is 0 Å². The number of nitrogens with two attached hydrogens (primary N) is 1. The van der Waals surface area contributed by atoms with Crippen molar-refractivity contribution in [3.8, 4) is 0 Å². The normalized spacial score (nSPS) is 15.1. The zero-order valence-electron chi connectivity index (χ0n) is 34.6. The number of rotatable bonds is 38. The Kier molecular flexibility index (Phi) is 39.1. The minimum atomic E-state index is -4.37. The fourth-order valence-electron chi connectivity index (χ4n) is 5.42. The van der Waals surface area contributed by atoms with Crippen LogP contribution in [-0.4, -0.2) is 47.8 Å². The van der Waals surface area contributed by atoms with E-state index in [0.29, 0.717) is 6.42 Å². The highest BCUT2D eigenvalue weighted by Gasteiger charge is 2.26. The summed E-state index contributed by atoms with van der Waals surface area (Å²) in [4.78, 5) is 22.7. The molecule has 1 amide bonds. The van der Waals surface area contributed by atoms with Gasteiger partial charge in [0.05, 0.1) is 25.4 Å². The maximum absolute atomic E-state index is 12.7. The summed E-state index contributed by atoms with van der Waals surface area (Å²) in [5.74, 6) is -0.244. The second-order valence-corrected chi connectivity index (χ2v) is 15.2. The van der Waals surface area contributed by atoms with Crippen LogP contribution in [0.2, 0.25) is 0 Å². The molecule has 0 aromatic carbocycles. The van der Waals surface area contributed by atoms with Crippen LogP contribution in [0.1, 0.15) is 155 Å². The maximum Gasteiger partial charge on any atom is 0.472 e. The van der Waals surface area contributed by atoms with Crippen LogP contribution in [0.15, 0.2) is 97.2 Å². The standard InChI is InChI=1S/C46H79N2O6P/c1-3-5-7-9-11-13-15-17-19-21-22-24-26-28-30-32-34-36-38-40-46(50)48-44(43-54-55(51,52)53-42-41-47)45(49)39-37-35-33-31-29-27-25-23-20-18-16-14-12-10-8-6-4-2/h5,7,11,13,17,19-20,22-24,28-31,37,39,44-45,49H,3-4,6,8-10,12,14-16,18,21,25-27,32-36,38,40-43,47H2,1-2H3,(H,48,50)(H,51,52)/b7-5-,13-11-,19-17-,23-20+,24-22-,30-28-,31-29+,39-37+. The highest BCUT2D eigenvalue weighted by atomic mass is 31.2. The molecule has 3 unspecified atom stereocenters. The summed E-state index contributed by atoms with van der Waals surface area (Å²) < 4.78 is 22.1. The summed E-state index contributed by atoms with van der Waals surface area (Å²) in [6, 6.07) is -0.907. The quantitative estimate of drug-likeness (QED) is 0.0278. The number of carbonyl (C=O) groups is 1. The molecule has 0 radical (unpaired) electrons. The molecule has 3 atom stereocenters. The van der Waals surface area contributed by atoms with Gasteiger partial charge in [-0.25, -0.2) is 4.57 Å². The van der Waals surface area contributed by atoms with Crippen LogP contribution in [0.3, 0.4) is 0 Å². The molecular weight excluding hydrogens is 707 g/mol. The smallest absolute Gasteiger partial charge is 0.387 e. The van der Waals surface area contributed by atoms with E-state index in [4.69, 9.17) is 14.8 Å². The highest BCUT2D eigenvalue weighted by molar-refractivity contribution is 7.47. The predicted octanol–water partition coefficient (Wildman–Crippen LogP) is 12.0. The molecule has 0 aromatic heterocycles. The van der Waals surface area contributed by atoms with Gasteiger partial charge in [-0.2, -0.15) is 0 Å². The third-order valence-electron chi connectivity index (χ3n) is 8.62. The summed E-state index contributed by atoms with van der Waals surface area (Å²) in [5.41, 5.74) is 5.36. The molecule has 0 heterocycles. The Labute approximate surface area is 336 Å². The van der Waals surface area contributed by atoms with Gasteiger partial charge in [-0.05, 0) is 89.9 Å². The number of allylic oxidation sites excluding steroid dienone is 15. The van der Waals surface area contributed by atoms with Gasteiger partial charge in [0.1, 0.15) is 0 Å². The molecule has 314 valence electrons. The SMILES string of the molecule is CC/C=C\C/C=C\C/C=C\C/C=C\C/C=C\CCCCCC(=O)NC(COP(=O)(O)OCCN)C(O)/C=C/CC/C=C/CC/C=C/CCCCCCCCC. The zero-order chi connectivity index (χ0) is 40.3. The predicted molar refractivity (Wildman–Crippen MR) is 235 cm³/mol. The van der Waals surface area contributed by atoms with Crippen LogP contribution >= 0.6 is 7.82 Å². The third-order valence-corrected chi connectivity index (χ3v) is 9.61. The Morgan fingerprint density at radius 3 is 1.62 bits per heavy atom. The Bertz CT molecular complexity index is 1170. The Morgan fingerprint density at radius 2 is 1.07 bits per heavy atom.